The smallest absolute Gasteiger partial charge is 0.251 e. The summed E-state index contributed by atoms with van der Waals surface area (Å²) in [6, 6.07) is 5.48. The van der Waals surface area contributed by atoms with E-state index in [1.54, 1.807) is 12.1 Å². The number of likely N-dealkylation sites (tertiary alicyclic amines) is 1. The SMILES string of the molecule is O=C([C@@H]1N=CO[C@H]1c1ccc(F)cc1)N1CCCC1. The van der Waals surface area contributed by atoms with Crippen LogP contribution in [0.2, 0.25) is 0 Å². The molecule has 4 nitrogen and oxygen atoms in total. The van der Waals surface area contributed by atoms with E-state index >= 15 is 0 Å². The summed E-state index contributed by atoms with van der Waals surface area (Å²) in [5.41, 5.74) is 0.774. The van der Waals surface area contributed by atoms with Crippen LogP contribution in [0.15, 0.2) is 29.3 Å². The highest BCUT2D eigenvalue weighted by atomic mass is 19.1. The van der Waals surface area contributed by atoms with Crippen molar-refractivity contribution in [1.29, 1.82) is 0 Å². The molecule has 0 aromatic heterocycles. The molecule has 5 heteroatoms. The summed E-state index contributed by atoms with van der Waals surface area (Å²) in [7, 11) is 0. The Morgan fingerprint density at radius 2 is 1.95 bits per heavy atom. The van der Waals surface area contributed by atoms with Crippen molar-refractivity contribution < 1.29 is 13.9 Å². The van der Waals surface area contributed by atoms with Crippen molar-refractivity contribution in [3.05, 3.63) is 35.6 Å². The molecule has 1 aromatic rings. The number of hydrogen-bond donors (Lipinski definition) is 0. The van der Waals surface area contributed by atoms with Gasteiger partial charge < -0.3 is 9.64 Å². The minimum absolute atomic E-state index is 0.000532. The Hall–Kier alpha value is -1.91. The van der Waals surface area contributed by atoms with Crippen LogP contribution in [-0.4, -0.2) is 36.3 Å². The Bertz CT molecular complexity index is 495. The maximum absolute atomic E-state index is 12.9. The number of halogens is 1. The average Bonchev–Trinajstić information content (AvgIpc) is 3.10. The molecule has 0 N–H and O–H groups in total. The molecule has 0 aliphatic carbocycles. The Morgan fingerprint density at radius 3 is 2.63 bits per heavy atom. The van der Waals surface area contributed by atoms with Gasteiger partial charge in [0.05, 0.1) is 0 Å². The molecule has 2 aliphatic heterocycles. The van der Waals surface area contributed by atoms with Gasteiger partial charge in [-0.1, -0.05) is 12.1 Å². The first kappa shape index (κ1) is 12.1. The second kappa shape index (κ2) is 4.99. The van der Waals surface area contributed by atoms with E-state index in [4.69, 9.17) is 4.74 Å². The topological polar surface area (TPSA) is 41.9 Å². The van der Waals surface area contributed by atoms with Gasteiger partial charge in [-0.05, 0) is 30.5 Å². The summed E-state index contributed by atoms with van der Waals surface area (Å²) >= 11 is 0. The number of carbonyl (C=O) groups is 1. The molecule has 3 rings (SSSR count). The summed E-state index contributed by atoms with van der Waals surface area (Å²) < 4.78 is 18.3. The zero-order valence-electron chi connectivity index (χ0n) is 10.5. The predicted molar refractivity (Wildman–Crippen MR) is 68.3 cm³/mol. The molecule has 100 valence electrons. The lowest BCUT2D eigenvalue weighted by Crippen LogP contribution is -2.38. The van der Waals surface area contributed by atoms with E-state index in [9.17, 15) is 9.18 Å². The van der Waals surface area contributed by atoms with Crippen molar-refractivity contribution in [2.45, 2.75) is 25.0 Å². The molecular formula is C14H15FN2O2. The minimum atomic E-state index is -0.538. The van der Waals surface area contributed by atoms with Gasteiger partial charge in [-0.2, -0.15) is 0 Å². The number of carbonyl (C=O) groups excluding carboxylic acids is 1. The number of amides is 1. The fourth-order valence-corrected chi connectivity index (χ4v) is 2.55. The lowest BCUT2D eigenvalue weighted by molar-refractivity contribution is -0.133. The fraction of sp³-hybridized carbons (Fsp3) is 0.429. The Kier molecular flexibility index (Phi) is 3.19. The summed E-state index contributed by atoms with van der Waals surface area (Å²) in [4.78, 5) is 18.3. The third-order valence-corrected chi connectivity index (χ3v) is 3.58. The molecule has 0 spiro atoms. The number of aliphatic imine (C=N–C) groups is 1. The van der Waals surface area contributed by atoms with Crippen LogP contribution in [0.25, 0.3) is 0 Å². The van der Waals surface area contributed by atoms with Crippen LogP contribution in [0.1, 0.15) is 24.5 Å². The first-order valence-corrected chi connectivity index (χ1v) is 6.47. The molecule has 1 aromatic carbocycles. The molecule has 2 atom stereocenters. The highest BCUT2D eigenvalue weighted by Gasteiger charge is 2.37. The van der Waals surface area contributed by atoms with E-state index in [0.29, 0.717) is 0 Å². The second-order valence-corrected chi connectivity index (χ2v) is 4.84. The molecule has 19 heavy (non-hydrogen) atoms. The van der Waals surface area contributed by atoms with Crippen LogP contribution in [-0.2, 0) is 9.53 Å². The minimum Gasteiger partial charge on any atom is -0.473 e. The van der Waals surface area contributed by atoms with Crippen molar-refractivity contribution in [1.82, 2.24) is 4.90 Å². The van der Waals surface area contributed by atoms with E-state index in [1.165, 1.54) is 18.5 Å². The molecule has 2 heterocycles. The van der Waals surface area contributed by atoms with Gasteiger partial charge in [0.1, 0.15) is 5.82 Å². The summed E-state index contributed by atoms with van der Waals surface area (Å²) in [5, 5.41) is 0. The number of nitrogens with zero attached hydrogens (tertiary/aromatic N) is 2. The van der Waals surface area contributed by atoms with Crippen LogP contribution < -0.4 is 0 Å². The third kappa shape index (κ3) is 2.32. The Balaban J connectivity index is 1.78. The highest BCUT2D eigenvalue weighted by Crippen LogP contribution is 2.29. The fourth-order valence-electron chi connectivity index (χ4n) is 2.55. The van der Waals surface area contributed by atoms with Gasteiger partial charge in [0.2, 0.25) is 0 Å². The maximum Gasteiger partial charge on any atom is 0.251 e. The molecule has 0 saturated carbocycles. The van der Waals surface area contributed by atoms with Gasteiger partial charge in [-0.3, -0.25) is 4.79 Å². The molecule has 1 amide bonds. The van der Waals surface area contributed by atoms with Gasteiger partial charge in [0.15, 0.2) is 18.5 Å². The molecule has 0 unspecified atom stereocenters. The first-order valence-electron chi connectivity index (χ1n) is 6.47. The van der Waals surface area contributed by atoms with E-state index in [-0.39, 0.29) is 11.7 Å². The van der Waals surface area contributed by atoms with Gasteiger partial charge in [0, 0.05) is 13.1 Å². The lowest BCUT2D eigenvalue weighted by atomic mass is 10.0. The van der Waals surface area contributed by atoms with Crippen LogP contribution in [0, 0.1) is 5.82 Å². The molecule has 0 radical (unpaired) electrons. The largest absolute Gasteiger partial charge is 0.473 e. The van der Waals surface area contributed by atoms with E-state index in [0.717, 1.165) is 31.5 Å². The zero-order chi connectivity index (χ0) is 13.2. The quantitative estimate of drug-likeness (QED) is 0.817. The monoisotopic (exact) mass is 262 g/mol. The normalized spacial score (nSPS) is 25.6. The van der Waals surface area contributed by atoms with Crippen molar-refractivity contribution in [2.75, 3.05) is 13.1 Å². The molecule has 2 aliphatic rings. The van der Waals surface area contributed by atoms with Crippen molar-refractivity contribution in [3.8, 4) is 0 Å². The van der Waals surface area contributed by atoms with E-state index in [2.05, 4.69) is 4.99 Å². The highest BCUT2D eigenvalue weighted by molar-refractivity contribution is 5.85. The van der Waals surface area contributed by atoms with Crippen molar-refractivity contribution in [2.24, 2.45) is 4.99 Å². The first-order chi connectivity index (χ1) is 9.25. The van der Waals surface area contributed by atoms with E-state index in [1.807, 2.05) is 4.90 Å². The Morgan fingerprint density at radius 1 is 1.26 bits per heavy atom. The summed E-state index contributed by atoms with van der Waals surface area (Å²) in [6.45, 7) is 1.59. The van der Waals surface area contributed by atoms with Crippen LogP contribution >= 0.6 is 0 Å². The zero-order valence-corrected chi connectivity index (χ0v) is 10.5. The maximum atomic E-state index is 12.9. The number of ether oxygens (including phenoxy) is 1. The third-order valence-electron chi connectivity index (χ3n) is 3.58. The molecule has 1 fully saturated rings. The van der Waals surface area contributed by atoms with Crippen LogP contribution in [0.3, 0.4) is 0 Å². The van der Waals surface area contributed by atoms with Crippen molar-refractivity contribution in [3.63, 3.8) is 0 Å². The van der Waals surface area contributed by atoms with Gasteiger partial charge in [0.25, 0.3) is 5.91 Å². The summed E-state index contributed by atoms with van der Waals surface area (Å²) in [5.74, 6) is -0.300. The number of rotatable bonds is 2. The lowest BCUT2D eigenvalue weighted by Gasteiger charge is -2.22. The standard InChI is InChI=1S/C14H15FN2O2/c15-11-5-3-10(4-6-11)13-12(16-9-19-13)14(18)17-7-1-2-8-17/h3-6,9,12-13H,1-2,7-8H2/t12-,13+/m1/s1. The molecule has 1 saturated heterocycles. The van der Waals surface area contributed by atoms with Gasteiger partial charge in [-0.15, -0.1) is 0 Å². The molecule has 0 bridgehead atoms. The summed E-state index contributed by atoms with van der Waals surface area (Å²) in [6.07, 6.45) is 2.98. The average molecular weight is 262 g/mol. The second-order valence-electron chi connectivity index (χ2n) is 4.84. The number of hydrogen-bond acceptors (Lipinski definition) is 3. The predicted octanol–water partition coefficient (Wildman–Crippen LogP) is 1.92. The van der Waals surface area contributed by atoms with Crippen LogP contribution in [0.5, 0.6) is 0 Å². The van der Waals surface area contributed by atoms with Gasteiger partial charge in [-0.25, -0.2) is 9.38 Å². The molecular weight excluding hydrogens is 247 g/mol. The van der Waals surface area contributed by atoms with Crippen molar-refractivity contribution >= 4 is 12.3 Å². The van der Waals surface area contributed by atoms with Crippen LogP contribution in [0.4, 0.5) is 4.39 Å². The van der Waals surface area contributed by atoms with E-state index < -0.39 is 12.1 Å². The van der Waals surface area contributed by atoms with Gasteiger partial charge >= 0.3 is 0 Å². The Labute approximate surface area is 110 Å². The number of benzene rings is 1.